The fourth-order valence-electron chi connectivity index (χ4n) is 1.79. The van der Waals surface area contributed by atoms with E-state index in [0.29, 0.717) is 26.9 Å². The molecular formula is C14H10Br2ClN3O2S. The molecule has 1 heterocycles. The van der Waals surface area contributed by atoms with Gasteiger partial charge in [0.2, 0.25) is 9.84 Å². The molecule has 0 saturated carbocycles. The molecular weight excluding hydrogens is 470 g/mol. The fourth-order valence-corrected chi connectivity index (χ4v) is 4.61. The van der Waals surface area contributed by atoms with Crippen LogP contribution in [0.25, 0.3) is 6.08 Å². The Bertz CT molecular complexity index is 901. The fraction of sp³-hybridized carbons (Fsp3) is 0.143. The molecule has 0 aliphatic heterocycles. The molecule has 120 valence electrons. The van der Waals surface area contributed by atoms with E-state index < -0.39 is 9.84 Å². The lowest BCUT2D eigenvalue weighted by Gasteiger charge is -2.06. The van der Waals surface area contributed by atoms with Gasteiger partial charge in [-0.3, -0.25) is 4.68 Å². The number of benzene rings is 1. The number of aromatic nitrogens is 2. The van der Waals surface area contributed by atoms with Gasteiger partial charge in [-0.1, -0.05) is 15.9 Å². The first-order chi connectivity index (χ1) is 10.9. The van der Waals surface area contributed by atoms with Crippen molar-refractivity contribution in [3.63, 3.8) is 0 Å². The predicted molar refractivity (Wildman–Crippen MR) is 95.6 cm³/mol. The second-order valence-corrected chi connectivity index (χ2v) is 8.46. The molecule has 0 N–H and O–H groups in total. The van der Waals surface area contributed by atoms with E-state index in [2.05, 4.69) is 37.0 Å². The molecule has 0 radical (unpaired) electrons. The minimum absolute atomic E-state index is 0.0211. The quantitative estimate of drug-likeness (QED) is 0.480. The van der Waals surface area contributed by atoms with Gasteiger partial charge in [0.05, 0.1) is 17.6 Å². The van der Waals surface area contributed by atoms with Gasteiger partial charge in [-0.2, -0.15) is 10.4 Å². The van der Waals surface area contributed by atoms with Crippen molar-refractivity contribution in [2.75, 3.05) is 5.88 Å². The van der Waals surface area contributed by atoms with E-state index in [4.69, 9.17) is 11.6 Å². The normalized spacial score (nSPS) is 12.2. The number of alkyl halides is 1. The summed E-state index contributed by atoms with van der Waals surface area (Å²) in [6, 6.07) is 6.50. The van der Waals surface area contributed by atoms with Crippen molar-refractivity contribution in [3.05, 3.63) is 50.0 Å². The highest BCUT2D eigenvalue weighted by Crippen LogP contribution is 2.30. The summed E-state index contributed by atoms with van der Waals surface area (Å²) in [5.41, 5.74) is 0.515. The van der Waals surface area contributed by atoms with Crippen LogP contribution in [-0.4, -0.2) is 24.1 Å². The van der Waals surface area contributed by atoms with Crippen molar-refractivity contribution >= 4 is 59.4 Å². The summed E-state index contributed by atoms with van der Waals surface area (Å²) in [7, 11) is -3.95. The van der Waals surface area contributed by atoms with Crippen molar-refractivity contribution in [1.29, 1.82) is 5.26 Å². The van der Waals surface area contributed by atoms with Gasteiger partial charge in [0.25, 0.3) is 0 Å². The molecule has 0 fully saturated rings. The molecule has 5 nitrogen and oxygen atoms in total. The van der Waals surface area contributed by atoms with Crippen molar-refractivity contribution in [2.45, 2.75) is 11.4 Å². The molecule has 2 rings (SSSR count). The van der Waals surface area contributed by atoms with E-state index in [0.717, 1.165) is 0 Å². The van der Waals surface area contributed by atoms with Gasteiger partial charge in [0.1, 0.15) is 11.0 Å². The molecule has 9 heteroatoms. The van der Waals surface area contributed by atoms with E-state index in [-0.39, 0.29) is 9.80 Å². The Morgan fingerprint density at radius 3 is 2.83 bits per heavy atom. The summed E-state index contributed by atoms with van der Waals surface area (Å²) >= 11 is 12.1. The van der Waals surface area contributed by atoms with Crippen LogP contribution in [0.15, 0.2) is 49.3 Å². The van der Waals surface area contributed by atoms with E-state index in [1.807, 2.05) is 0 Å². The molecule has 0 atom stereocenters. The standard InChI is InChI=1S/C14H10Br2ClN3O2S/c15-11-1-2-13(16)14(6-11)23(21,22)12(7-18)5-10-8-19-20(9-10)4-3-17/h1-2,5-6,8-9H,3-4H2/b12-5-. The minimum Gasteiger partial charge on any atom is -0.271 e. The first-order valence-corrected chi connectivity index (χ1v) is 9.89. The maximum absolute atomic E-state index is 12.7. The summed E-state index contributed by atoms with van der Waals surface area (Å²) in [4.78, 5) is -0.338. The van der Waals surface area contributed by atoms with Crippen molar-refractivity contribution in [3.8, 4) is 6.07 Å². The highest BCUT2D eigenvalue weighted by molar-refractivity contribution is 9.11. The van der Waals surface area contributed by atoms with E-state index in [1.54, 1.807) is 29.1 Å². The molecule has 1 aromatic carbocycles. The molecule has 1 aromatic heterocycles. The Balaban J connectivity index is 2.48. The lowest BCUT2D eigenvalue weighted by atomic mass is 10.3. The summed E-state index contributed by atoms with van der Waals surface area (Å²) < 4.78 is 27.9. The number of rotatable bonds is 5. The van der Waals surface area contributed by atoms with Crippen LogP contribution in [0.2, 0.25) is 0 Å². The molecule has 0 unspecified atom stereocenters. The zero-order chi connectivity index (χ0) is 17.0. The SMILES string of the molecule is N#C/C(=C/c1cnn(CCCl)c1)S(=O)(=O)c1cc(Br)ccc1Br. The lowest BCUT2D eigenvalue weighted by molar-refractivity contribution is 0.603. The average Bonchev–Trinajstić information content (AvgIpc) is 2.94. The molecule has 0 aliphatic rings. The molecule has 2 aromatic rings. The summed E-state index contributed by atoms with van der Waals surface area (Å²) in [5, 5.41) is 13.3. The molecule has 0 bridgehead atoms. The van der Waals surface area contributed by atoms with Crippen LogP contribution in [0.3, 0.4) is 0 Å². The van der Waals surface area contributed by atoms with Crippen LogP contribution in [0.4, 0.5) is 0 Å². The van der Waals surface area contributed by atoms with E-state index in [1.165, 1.54) is 18.3 Å². The average molecular weight is 480 g/mol. The summed E-state index contributed by atoms with van der Waals surface area (Å²) in [6.07, 6.45) is 4.40. The van der Waals surface area contributed by atoms with Crippen molar-refractivity contribution < 1.29 is 8.42 Å². The van der Waals surface area contributed by atoms with Gasteiger partial charge >= 0.3 is 0 Å². The number of allylic oxidation sites excluding steroid dienone is 1. The van der Waals surface area contributed by atoms with Crippen LogP contribution in [-0.2, 0) is 16.4 Å². The number of nitrogens with zero attached hydrogens (tertiary/aromatic N) is 3. The minimum atomic E-state index is -3.95. The maximum atomic E-state index is 12.7. The summed E-state index contributed by atoms with van der Waals surface area (Å²) in [5.74, 6) is 0.388. The third-order valence-corrected chi connectivity index (χ3v) is 6.17. The Hall–Kier alpha value is -1.14. The Morgan fingerprint density at radius 1 is 1.43 bits per heavy atom. The van der Waals surface area contributed by atoms with Crippen LogP contribution in [0.1, 0.15) is 5.56 Å². The molecule has 0 amide bonds. The zero-order valence-electron chi connectivity index (χ0n) is 11.6. The van der Waals surface area contributed by atoms with Crippen molar-refractivity contribution in [2.24, 2.45) is 0 Å². The van der Waals surface area contributed by atoms with Crippen molar-refractivity contribution in [1.82, 2.24) is 9.78 Å². The molecule has 0 aliphatic carbocycles. The topological polar surface area (TPSA) is 75.8 Å². The number of hydrogen-bond acceptors (Lipinski definition) is 4. The third kappa shape index (κ3) is 4.23. The monoisotopic (exact) mass is 477 g/mol. The van der Waals surface area contributed by atoms with E-state index in [9.17, 15) is 13.7 Å². The van der Waals surface area contributed by atoms with Gasteiger partial charge in [0, 0.05) is 26.6 Å². The predicted octanol–water partition coefficient (Wildman–Crippen LogP) is 3.99. The van der Waals surface area contributed by atoms with Crippen LogP contribution in [0.5, 0.6) is 0 Å². The molecule has 23 heavy (non-hydrogen) atoms. The van der Waals surface area contributed by atoms with Gasteiger partial charge in [-0.05, 0) is 40.2 Å². The Kier molecular flexibility index (Phi) is 6.03. The second kappa shape index (κ2) is 7.62. The Morgan fingerprint density at radius 2 is 2.17 bits per heavy atom. The first-order valence-electron chi connectivity index (χ1n) is 6.29. The van der Waals surface area contributed by atoms with Gasteiger partial charge in [-0.15, -0.1) is 11.6 Å². The highest BCUT2D eigenvalue weighted by atomic mass is 79.9. The number of aryl methyl sites for hydroxylation is 1. The number of hydrogen-bond donors (Lipinski definition) is 0. The zero-order valence-corrected chi connectivity index (χ0v) is 16.3. The number of halogens is 3. The second-order valence-electron chi connectivity index (χ2n) is 4.42. The number of sulfone groups is 1. The Labute approximate surface area is 155 Å². The largest absolute Gasteiger partial charge is 0.271 e. The van der Waals surface area contributed by atoms with Crippen LogP contribution in [0, 0.1) is 11.3 Å². The first kappa shape index (κ1) is 18.2. The van der Waals surface area contributed by atoms with Crippen LogP contribution < -0.4 is 0 Å². The summed E-state index contributed by atoms with van der Waals surface area (Å²) in [6.45, 7) is 0.501. The van der Waals surface area contributed by atoms with Crippen LogP contribution >= 0.6 is 43.5 Å². The smallest absolute Gasteiger partial charge is 0.217 e. The van der Waals surface area contributed by atoms with E-state index >= 15 is 0 Å². The molecule has 0 spiro atoms. The third-order valence-electron chi connectivity index (χ3n) is 2.85. The highest BCUT2D eigenvalue weighted by Gasteiger charge is 2.24. The van der Waals surface area contributed by atoms with Gasteiger partial charge in [0.15, 0.2) is 0 Å². The van der Waals surface area contributed by atoms with Gasteiger partial charge < -0.3 is 0 Å². The van der Waals surface area contributed by atoms with Gasteiger partial charge in [-0.25, -0.2) is 8.42 Å². The molecule has 0 saturated heterocycles. The number of nitriles is 1. The maximum Gasteiger partial charge on any atom is 0.217 e. The lowest BCUT2D eigenvalue weighted by Crippen LogP contribution is -2.04.